The van der Waals surface area contributed by atoms with E-state index in [0.717, 1.165) is 31.7 Å². The molecule has 2 heterocycles. The van der Waals surface area contributed by atoms with Crippen LogP contribution in [0.25, 0.3) is 0 Å². The molecule has 0 spiro atoms. The monoisotopic (exact) mass is 328 g/mol. The Hall–Kier alpha value is -2.18. The molecule has 1 aromatic heterocycles. The van der Waals surface area contributed by atoms with E-state index in [1.807, 2.05) is 6.92 Å². The maximum atomic E-state index is 12.3. The van der Waals surface area contributed by atoms with E-state index in [4.69, 9.17) is 4.52 Å². The molecule has 1 fully saturated rings. The largest absolute Gasteiger partial charge is 0.338 e. The summed E-state index contributed by atoms with van der Waals surface area (Å²) in [5, 5.41) is 9.97. The molecular weight excluding hydrogens is 304 g/mol. The zero-order chi connectivity index (χ0) is 16.9. The van der Waals surface area contributed by atoms with Gasteiger partial charge in [-0.25, -0.2) is 0 Å². The number of nitrogens with one attached hydrogen (secondary N) is 2. The van der Waals surface area contributed by atoms with Gasteiger partial charge in [0.2, 0.25) is 11.8 Å². The zero-order valence-electron chi connectivity index (χ0n) is 14.2. The predicted octanol–water partition coefficient (Wildman–Crippen LogP) is 2.13. The molecule has 3 rings (SSSR count). The second-order valence-corrected chi connectivity index (χ2v) is 6.17. The number of carbonyl (C=O) groups excluding carboxylic acids is 1. The molecule has 128 valence electrons. The Balaban J connectivity index is 1.66. The molecule has 1 saturated heterocycles. The average molecular weight is 328 g/mol. The van der Waals surface area contributed by atoms with Crippen LogP contribution in [0.4, 0.5) is 5.88 Å². The third kappa shape index (κ3) is 4.01. The van der Waals surface area contributed by atoms with Crippen LogP contribution in [0.3, 0.4) is 0 Å². The number of nitrogens with zero attached hydrogens (tertiary/aromatic N) is 2. The van der Waals surface area contributed by atoms with Crippen LogP contribution in [0.15, 0.2) is 34.9 Å². The first kappa shape index (κ1) is 16.7. The van der Waals surface area contributed by atoms with E-state index < -0.39 is 0 Å². The molecule has 0 radical (unpaired) electrons. The van der Waals surface area contributed by atoms with Gasteiger partial charge in [-0.2, -0.15) is 0 Å². The number of aryl methyl sites for hydroxylation is 2. The van der Waals surface area contributed by atoms with Gasteiger partial charge in [-0.15, -0.1) is 0 Å². The lowest BCUT2D eigenvalue weighted by atomic mass is 10.0. The van der Waals surface area contributed by atoms with Crippen LogP contribution in [0.2, 0.25) is 0 Å². The summed E-state index contributed by atoms with van der Waals surface area (Å²) in [5.74, 6) is 0.319. The van der Waals surface area contributed by atoms with Crippen molar-refractivity contribution in [3.63, 3.8) is 0 Å². The third-order valence-corrected chi connectivity index (χ3v) is 4.36. The highest BCUT2D eigenvalue weighted by Crippen LogP contribution is 2.22. The Morgan fingerprint density at radius 1 is 1.42 bits per heavy atom. The molecular formula is C18H24N4O2. The summed E-state index contributed by atoms with van der Waals surface area (Å²) >= 11 is 0. The highest BCUT2D eigenvalue weighted by atomic mass is 16.5. The topological polar surface area (TPSA) is 70.4 Å². The Morgan fingerprint density at radius 2 is 2.21 bits per heavy atom. The number of hydrogen-bond donors (Lipinski definition) is 2. The van der Waals surface area contributed by atoms with Gasteiger partial charge >= 0.3 is 0 Å². The number of benzene rings is 1. The van der Waals surface area contributed by atoms with E-state index in [-0.39, 0.29) is 11.9 Å². The summed E-state index contributed by atoms with van der Waals surface area (Å²) in [6.45, 7) is 6.88. The van der Waals surface area contributed by atoms with Crippen LogP contribution in [-0.2, 0) is 11.2 Å². The van der Waals surface area contributed by atoms with Crippen molar-refractivity contribution < 1.29 is 9.32 Å². The maximum absolute atomic E-state index is 12.3. The van der Waals surface area contributed by atoms with E-state index in [2.05, 4.69) is 51.9 Å². The maximum Gasteiger partial charge on any atom is 0.240 e. The smallest absolute Gasteiger partial charge is 0.240 e. The Kier molecular flexibility index (Phi) is 5.27. The quantitative estimate of drug-likeness (QED) is 0.880. The van der Waals surface area contributed by atoms with Crippen LogP contribution < -0.4 is 10.6 Å². The average Bonchev–Trinajstić information content (AvgIpc) is 3.00. The predicted molar refractivity (Wildman–Crippen MR) is 92.9 cm³/mol. The molecule has 24 heavy (non-hydrogen) atoms. The van der Waals surface area contributed by atoms with Crippen LogP contribution in [0.5, 0.6) is 0 Å². The standard InChI is InChI=1S/C18H24N4O2/c1-3-14-4-6-15(7-5-14)16-11-19-8-9-22(16)12-17(23)20-18-10-13(2)21-24-18/h4-7,10,16,19H,3,8-9,11-12H2,1-2H3,(H,20,23). The SMILES string of the molecule is CCc1ccc(C2CNCCN2CC(=O)Nc2cc(C)no2)cc1. The van der Waals surface area contributed by atoms with E-state index in [1.54, 1.807) is 6.07 Å². The van der Waals surface area contributed by atoms with Crippen molar-refractivity contribution in [1.29, 1.82) is 0 Å². The second kappa shape index (κ2) is 7.59. The Bertz CT molecular complexity index is 681. The van der Waals surface area contributed by atoms with Crippen molar-refractivity contribution in [3.8, 4) is 0 Å². The molecule has 6 nitrogen and oxygen atoms in total. The molecule has 1 aromatic carbocycles. The minimum Gasteiger partial charge on any atom is -0.338 e. The highest BCUT2D eigenvalue weighted by molar-refractivity contribution is 5.91. The summed E-state index contributed by atoms with van der Waals surface area (Å²) in [4.78, 5) is 14.5. The minimum atomic E-state index is -0.0803. The number of amides is 1. The molecule has 6 heteroatoms. The van der Waals surface area contributed by atoms with E-state index in [9.17, 15) is 4.79 Å². The lowest BCUT2D eigenvalue weighted by Crippen LogP contribution is -2.48. The van der Waals surface area contributed by atoms with Gasteiger partial charge in [0, 0.05) is 31.7 Å². The Labute approximate surface area is 142 Å². The van der Waals surface area contributed by atoms with Crippen molar-refractivity contribution >= 4 is 11.8 Å². The normalized spacial score (nSPS) is 18.5. The first-order chi connectivity index (χ1) is 11.7. The Morgan fingerprint density at radius 3 is 2.88 bits per heavy atom. The molecule has 1 aliphatic rings. The summed E-state index contributed by atoms with van der Waals surface area (Å²) in [6.07, 6.45) is 1.03. The summed E-state index contributed by atoms with van der Waals surface area (Å²) in [5.41, 5.74) is 3.32. The molecule has 0 bridgehead atoms. The summed E-state index contributed by atoms with van der Waals surface area (Å²) in [7, 11) is 0. The first-order valence-electron chi connectivity index (χ1n) is 8.42. The number of rotatable bonds is 5. The molecule has 0 saturated carbocycles. The molecule has 1 aliphatic heterocycles. The van der Waals surface area contributed by atoms with Crippen molar-refractivity contribution in [2.24, 2.45) is 0 Å². The molecule has 0 aliphatic carbocycles. The van der Waals surface area contributed by atoms with Crippen molar-refractivity contribution in [3.05, 3.63) is 47.2 Å². The second-order valence-electron chi connectivity index (χ2n) is 6.17. The van der Waals surface area contributed by atoms with Crippen LogP contribution in [0, 0.1) is 6.92 Å². The number of carbonyl (C=O) groups is 1. The fourth-order valence-electron chi connectivity index (χ4n) is 3.02. The van der Waals surface area contributed by atoms with Gasteiger partial charge in [-0.1, -0.05) is 36.3 Å². The van der Waals surface area contributed by atoms with Crippen LogP contribution >= 0.6 is 0 Å². The molecule has 2 N–H and O–H groups in total. The number of hydrogen-bond acceptors (Lipinski definition) is 5. The van der Waals surface area contributed by atoms with Crippen LogP contribution in [-0.4, -0.2) is 42.1 Å². The van der Waals surface area contributed by atoms with Gasteiger partial charge in [0.05, 0.1) is 12.2 Å². The van der Waals surface area contributed by atoms with Gasteiger partial charge in [-0.05, 0) is 24.5 Å². The third-order valence-electron chi connectivity index (χ3n) is 4.36. The molecule has 1 unspecified atom stereocenters. The van der Waals surface area contributed by atoms with E-state index in [0.29, 0.717) is 12.4 Å². The van der Waals surface area contributed by atoms with Crippen molar-refractivity contribution in [1.82, 2.24) is 15.4 Å². The van der Waals surface area contributed by atoms with E-state index >= 15 is 0 Å². The first-order valence-corrected chi connectivity index (χ1v) is 8.42. The molecule has 2 aromatic rings. The summed E-state index contributed by atoms with van der Waals surface area (Å²) in [6, 6.07) is 10.6. The lowest BCUT2D eigenvalue weighted by Gasteiger charge is -2.36. The minimum absolute atomic E-state index is 0.0803. The molecule has 1 atom stereocenters. The fraction of sp³-hybridized carbons (Fsp3) is 0.444. The fourth-order valence-corrected chi connectivity index (χ4v) is 3.02. The van der Waals surface area contributed by atoms with Gasteiger partial charge < -0.3 is 9.84 Å². The van der Waals surface area contributed by atoms with Gasteiger partial charge in [0.25, 0.3) is 0 Å². The number of anilines is 1. The lowest BCUT2D eigenvalue weighted by molar-refractivity contribution is -0.118. The zero-order valence-corrected chi connectivity index (χ0v) is 14.2. The number of aromatic nitrogens is 1. The van der Waals surface area contributed by atoms with Crippen molar-refractivity contribution in [2.45, 2.75) is 26.3 Å². The van der Waals surface area contributed by atoms with E-state index in [1.165, 1.54) is 11.1 Å². The molecule has 1 amide bonds. The van der Waals surface area contributed by atoms with Gasteiger partial charge in [-0.3, -0.25) is 15.0 Å². The number of piperazine rings is 1. The highest BCUT2D eigenvalue weighted by Gasteiger charge is 2.25. The van der Waals surface area contributed by atoms with Gasteiger partial charge in [0.1, 0.15) is 0 Å². The summed E-state index contributed by atoms with van der Waals surface area (Å²) < 4.78 is 5.05. The van der Waals surface area contributed by atoms with Gasteiger partial charge in [0.15, 0.2) is 0 Å². The van der Waals surface area contributed by atoms with Crippen molar-refractivity contribution in [2.75, 3.05) is 31.5 Å². The van der Waals surface area contributed by atoms with Crippen LogP contribution in [0.1, 0.15) is 29.8 Å².